The highest BCUT2D eigenvalue weighted by Gasteiger charge is 2.29. The molecule has 1 aromatic rings. The van der Waals surface area contributed by atoms with E-state index < -0.39 is 10.8 Å². The third-order valence-electron chi connectivity index (χ3n) is 3.58. The number of nitrogens with zero attached hydrogens (tertiary/aromatic N) is 3. The van der Waals surface area contributed by atoms with Crippen molar-refractivity contribution in [2.45, 2.75) is 0 Å². The van der Waals surface area contributed by atoms with Crippen molar-refractivity contribution in [3.05, 3.63) is 40.1 Å². The van der Waals surface area contributed by atoms with E-state index in [0.29, 0.717) is 0 Å². The molecule has 0 aliphatic carbocycles. The molecule has 12 heteroatoms. The molecule has 28 heavy (non-hydrogen) atoms. The van der Waals surface area contributed by atoms with Gasteiger partial charge in [0, 0.05) is 25.4 Å². The van der Waals surface area contributed by atoms with Crippen LogP contribution in [0.25, 0.3) is 0 Å². The van der Waals surface area contributed by atoms with Crippen LogP contribution in [0.4, 0.5) is 16.2 Å². The fourth-order valence-corrected chi connectivity index (χ4v) is 2.93. The maximum absolute atomic E-state index is 12.2. The minimum absolute atomic E-state index is 0.0661. The lowest BCUT2D eigenvalue weighted by Crippen LogP contribution is -2.34. The first-order chi connectivity index (χ1) is 13.4. The Bertz CT molecular complexity index is 878. The van der Waals surface area contributed by atoms with E-state index in [9.17, 15) is 24.5 Å². The zero-order valence-corrected chi connectivity index (χ0v) is 15.4. The number of non-ortho nitro benzene ring substituents is 1. The molecule has 1 aliphatic rings. The topological polar surface area (TPSA) is 155 Å². The second-order valence-corrected chi connectivity index (χ2v) is 6.25. The van der Waals surface area contributed by atoms with Crippen LogP contribution in [0.2, 0.25) is 0 Å². The standard InChI is InChI=1S/C16H15N5O6S/c1-27-13-6-11(21(25)26)2-3-12(13)19-15(23)10(7-17)8-18-4-5-20-14(22)9-28-16(20)24/h2-3,6,8,18H,4-5,9H2,1H3,(H,19,23)/b10-8-. The van der Waals surface area contributed by atoms with Gasteiger partial charge in [-0.05, 0) is 6.07 Å². The molecule has 146 valence electrons. The van der Waals surface area contributed by atoms with Crippen molar-refractivity contribution in [1.29, 1.82) is 5.26 Å². The summed E-state index contributed by atoms with van der Waals surface area (Å²) in [6.45, 7) is 0.273. The predicted octanol–water partition coefficient (Wildman–Crippen LogP) is 1.23. The van der Waals surface area contributed by atoms with E-state index in [1.54, 1.807) is 6.07 Å². The quantitative estimate of drug-likeness (QED) is 0.214. The molecule has 1 saturated heterocycles. The average molecular weight is 405 g/mol. The summed E-state index contributed by atoms with van der Waals surface area (Å²) in [5, 5.41) is 24.8. The molecule has 1 aromatic carbocycles. The van der Waals surface area contributed by atoms with Crippen LogP contribution < -0.4 is 15.4 Å². The van der Waals surface area contributed by atoms with Crippen LogP contribution in [-0.2, 0) is 9.59 Å². The Morgan fingerprint density at radius 3 is 2.82 bits per heavy atom. The number of hydrogen-bond acceptors (Lipinski definition) is 9. The van der Waals surface area contributed by atoms with Crippen molar-refractivity contribution in [3.8, 4) is 11.8 Å². The second-order valence-electron chi connectivity index (χ2n) is 5.32. The Balaban J connectivity index is 1.98. The molecule has 1 fully saturated rings. The molecule has 1 heterocycles. The van der Waals surface area contributed by atoms with Crippen molar-refractivity contribution in [2.75, 3.05) is 31.3 Å². The summed E-state index contributed by atoms with van der Waals surface area (Å²) < 4.78 is 5.02. The van der Waals surface area contributed by atoms with E-state index in [2.05, 4.69) is 10.6 Å². The van der Waals surface area contributed by atoms with E-state index in [1.807, 2.05) is 0 Å². The van der Waals surface area contributed by atoms with Crippen molar-refractivity contribution in [3.63, 3.8) is 0 Å². The molecule has 3 amide bonds. The Morgan fingerprint density at radius 2 is 2.25 bits per heavy atom. The van der Waals surface area contributed by atoms with Gasteiger partial charge in [0.2, 0.25) is 5.91 Å². The lowest BCUT2D eigenvalue weighted by atomic mass is 10.2. The molecule has 0 atom stereocenters. The van der Waals surface area contributed by atoms with Gasteiger partial charge >= 0.3 is 0 Å². The van der Waals surface area contributed by atoms with Gasteiger partial charge < -0.3 is 15.4 Å². The first kappa shape index (κ1) is 20.7. The van der Waals surface area contributed by atoms with Gasteiger partial charge in [0.25, 0.3) is 16.8 Å². The van der Waals surface area contributed by atoms with Gasteiger partial charge in [0.05, 0.1) is 29.5 Å². The first-order valence-electron chi connectivity index (χ1n) is 7.82. The SMILES string of the molecule is COc1cc([N+](=O)[O-])ccc1NC(=O)/C(C#N)=C\NCCN1C(=O)CSC1=O. The Morgan fingerprint density at radius 1 is 1.50 bits per heavy atom. The highest BCUT2D eigenvalue weighted by molar-refractivity contribution is 8.14. The van der Waals surface area contributed by atoms with Gasteiger partial charge in [-0.15, -0.1) is 0 Å². The number of benzene rings is 1. The van der Waals surface area contributed by atoms with E-state index in [1.165, 1.54) is 19.2 Å². The van der Waals surface area contributed by atoms with Crippen LogP contribution in [0, 0.1) is 21.4 Å². The largest absolute Gasteiger partial charge is 0.494 e. The number of amides is 3. The van der Waals surface area contributed by atoms with Crippen LogP contribution in [0.5, 0.6) is 5.75 Å². The van der Waals surface area contributed by atoms with Crippen LogP contribution >= 0.6 is 11.8 Å². The van der Waals surface area contributed by atoms with Crippen LogP contribution in [-0.4, -0.2) is 52.8 Å². The van der Waals surface area contributed by atoms with Gasteiger partial charge in [-0.25, -0.2) is 0 Å². The third kappa shape index (κ3) is 4.98. The van der Waals surface area contributed by atoms with Crippen LogP contribution in [0.1, 0.15) is 0 Å². The maximum atomic E-state index is 12.2. The van der Waals surface area contributed by atoms with Gasteiger partial charge in [0.1, 0.15) is 17.4 Å². The Hall–Kier alpha value is -3.59. The average Bonchev–Trinajstić information content (AvgIpc) is 2.99. The maximum Gasteiger partial charge on any atom is 0.288 e. The van der Waals surface area contributed by atoms with Gasteiger partial charge in [-0.3, -0.25) is 29.4 Å². The molecule has 0 unspecified atom stereocenters. The fourth-order valence-electron chi connectivity index (χ4n) is 2.18. The summed E-state index contributed by atoms with van der Waals surface area (Å²) in [6, 6.07) is 5.35. The predicted molar refractivity (Wildman–Crippen MR) is 99.5 cm³/mol. The summed E-state index contributed by atoms with van der Waals surface area (Å²) in [4.78, 5) is 46.4. The molecule has 0 aromatic heterocycles. The zero-order valence-electron chi connectivity index (χ0n) is 14.6. The lowest BCUT2D eigenvalue weighted by Gasteiger charge is -2.12. The molecule has 11 nitrogen and oxygen atoms in total. The van der Waals surface area contributed by atoms with E-state index >= 15 is 0 Å². The van der Waals surface area contributed by atoms with E-state index in [-0.39, 0.29) is 52.7 Å². The van der Waals surface area contributed by atoms with Crippen molar-refractivity contribution < 1.29 is 24.0 Å². The number of nitriles is 1. The molecule has 0 bridgehead atoms. The number of methoxy groups -OCH3 is 1. The molecule has 2 rings (SSSR count). The smallest absolute Gasteiger partial charge is 0.288 e. The van der Waals surface area contributed by atoms with Crippen molar-refractivity contribution in [2.24, 2.45) is 0 Å². The number of nitro benzene ring substituents is 1. The third-order valence-corrected chi connectivity index (χ3v) is 4.43. The Kier molecular flexibility index (Phi) is 6.94. The first-order valence-corrected chi connectivity index (χ1v) is 8.80. The van der Waals surface area contributed by atoms with Gasteiger partial charge in [0.15, 0.2) is 0 Å². The molecule has 1 aliphatic heterocycles. The molecule has 0 spiro atoms. The van der Waals surface area contributed by atoms with E-state index in [0.717, 1.165) is 28.9 Å². The number of carbonyl (C=O) groups is 3. The van der Waals surface area contributed by atoms with Gasteiger partial charge in [-0.1, -0.05) is 11.8 Å². The summed E-state index contributed by atoms with van der Waals surface area (Å²) in [7, 11) is 1.29. The minimum Gasteiger partial charge on any atom is -0.494 e. The highest BCUT2D eigenvalue weighted by atomic mass is 32.2. The lowest BCUT2D eigenvalue weighted by molar-refractivity contribution is -0.384. The van der Waals surface area contributed by atoms with E-state index in [4.69, 9.17) is 10.00 Å². The number of ether oxygens (including phenoxy) is 1. The molecule has 0 saturated carbocycles. The number of hydrogen-bond donors (Lipinski definition) is 2. The minimum atomic E-state index is -0.758. The second kappa shape index (κ2) is 9.38. The van der Waals surface area contributed by atoms with Crippen molar-refractivity contribution in [1.82, 2.24) is 10.2 Å². The number of rotatable bonds is 8. The number of nitrogens with one attached hydrogen (secondary N) is 2. The molecule has 0 radical (unpaired) electrons. The Labute approximate surface area is 163 Å². The normalized spacial score (nSPS) is 13.9. The number of nitro groups is 1. The summed E-state index contributed by atoms with van der Waals surface area (Å²) in [5.41, 5.74) is -0.324. The van der Waals surface area contributed by atoms with Crippen LogP contribution in [0.3, 0.4) is 0 Å². The van der Waals surface area contributed by atoms with Crippen LogP contribution in [0.15, 0.2) is 30.0 Å². The molecular formula is C16H15N5O6S. The zero-order chi connectivity index (χ0) is 20.7. The number of thioether (sulfide) groups is 1. The van der Waals surface area contributed by atoms with Crippen molar-refractivity contribution >= 4 is 40.2 Å². The molecular weight excluding hydrogens is 390 g/mol. The summed E-state index contributed by atoms with van der Waals surface area (Å²) in [5.74, 6) is -0.871. The van der Waals surface area contributed by atoms with Gasteiger partial charge in [-0.2, -0.15) is 5.26 Å². The number of carbonyl (C=O) groups excluding carboxylic acids is 3. The number of anilines is 1. The number of imide groups is 1. The summed E-state index contributed by atoms with van der Waals surface area (Å²) in [6.07, 6.45) is 1.16. The highest BCUT2D eigenvalue weighted by Crippen LogP contribution is 2.29. The molecule has 2 N–H and O–H groups in total. The fraction of sp³-hybridized carbons (Fsp3) is 0.250. The monoisotopic (exact) mass is 405 g/mol. The summed E-state index contributed by atoms with van der Waals surface area (Å²) >= 11 is 0.918.